The van der Waals surface area contributed by atoms with Crippen molar-refractivity contribution in [1.29, 1.82) is 0 Å². The molecule has 18 heavy (non-hydrogen) atoms. The van der Waals surface area contributed by atoms with Crippen molar-refractivity contribution in [2.24, 2.45) is 0 Å². The summed E-state index contributed by atoms with van der Waals surface area (Å²) in [7, 11) is 0. The molecule has 1 N–H and O–H groups in total. The van der Waals surface area contributed by atoms with Gasteiger partial charge in [0.15, 0.2) is 0 Å². The van der Waals surface area contributed by atoms with Crippen molar-refractivity contribution >= 4 is 5.97 Å². The summed E-state index contributed by atoms with van der Waals surface area (Å²) >= 11 is 0. The van der Waals surface area contributed by atoms with Crippen molar-refractivity contribution in [3.05, 3.63) is 29.6 Å². The maximum Gasteiger partial charge on any atom is 0.354 e. The molecule has 3 heterocycles. The van der Waals surface area contributed by atoms with E-state index in [9.17, 15) is 4.79 Å². The van der Waals surface area contributed by atoms with Crippen LogP contribution in [0.2, 0.25) is 0 Å². The van der Waals surface area contributed by atoms with Crippen molar-refractivity contribution in [1.82, 2.24) is 9.88 Å². The molecule has 5 heteroatoms. The standard InChI is InChI=1S/C13H16N2O3/c16-13(17)12-5-9(1-3-14-12)10-2-4-15(6-10)11-7-18-8-11/h1,3,5,10-11H,2,4,6-8H2,(H,16,17). The highest BCUT2D eigenvalue weighted by Crippen LogP contribution is 2.29. The minimum Gasteiger partial charge on any atom is -0.477 e. The third kappa shape index (κ3) is 2.11. The summed E-state index contributed by atoms with van der Waals surface area (Å²) in [6, 6.07) is 4.20. The number of hydrogen-bond donors (Lipinski definition) is 1. The second kappa shape index (κ2) is 4.66. The molecule has 1 aromatic rings. The Balaban J connectivity index is 1.71. The van der Waals surface area contributed by atoms with Crippen LogP contribution in [0.3, 0.4) is 0 Å². The van der Waals surface area contributed by atoms with Gasteiger partial charge in [-0.3, -0.25) is 4.90 Å². The Morgan fingerprint density at radius 1 is 1.50 bits per heavy atom. The number of carboxylic acid groups (broad SMARTS) is 1. The van der Waals surface area contributed by atoms with E-state index in [-0.39, 0.29) is 5.69 Å². The van der Waals surface area contributed by atoms with Crippen LogP contribution in [0.25, 0.3) is 0 Å². The molecule has 2 aliphatic heterocycles. The number of likely N-dealkylation sites (tertiary alicyclic amines) is 1. The maximum atomic E-state index is 10.9. The highest BCUT2D eigenvalue weighted by Gasteiger charge is 2.33. The van der Waals surface area contributed by atoms with E-state index in [4.69, 9.17) is 9.84 Å². The summed E-state index contributed by atoms with van der Waals surface area (Å²) in [5.41, 5.74) is 1.23. The molecular weight excluding hydrogens is 232 g/mol. The Morgan fingerprint density at radius 3 is 3.00 bits per heavy atom. The molecule has 1 atom stereocenters. The molecule has 2 fully saturated rings. The van der Waals surface area contributed by atoms with Crippen LogP contribution < -0.4 is 0 Å². The molecule has 5 nitrogen and oxygen atoms in total. The molecule has 0 amide bonds. The predicted octanol–water partition coefficient (Wildman–Crippen LogP) is 0.968. The Morgan fingerprint density at radius 2 is 2.33 bits per heavy atom. The van der Waals surface area contributed by atoms with Crippen LogP contribution in [0.4, 0.5) is 0 Å². The van der Waals surface area contributed by atoms with Gasteiger partial charge in [-0.2, -0.15) is 0 Å². The number of carboxylic acids is 1. The van der Waals surface area contributed by atoms with Gasteiger partial charge in [0.1, 0.15) is 5.69 Å². The molecule has 0 spiro atoms. The first kappa shape index (κ1) is 11.6. The van der Waals surface area contributed by atoms with Crippen molar-refractivity contribution in [2.75, 3.05) is 26.3 Å². The molecule has 2 saturated heterocycles. The van der Waals surface area contributed by atoms with Gasteiger partial charge >= 0.3 is 5.97 Å². The summed E-state index contributed by atoms with van der Waals surface area (Å²) in [6.45, 7) is 3.74. The van der Waals surface area contributed by atoms with Gasteiger partial charge in [-0.15, -0.1) is 0 Å². The molecule has 3 rings (SSSR count). The summed E-state index contributed by atoms with van der Waals surface area (Å²) in [5, 5.41) is 8.95. The molecule has 0 aromatic carbocycles. The zero-order valence-electron chi connectivity index (χ0n) is 10.1. The number of aromatic carboxylic acids is 1. The second-order valence-corrected chi connectivity index (χ2v) is 4.95. The van der Waals surface area contributed by atoms with Crippen LogP contribution in [-0.4, -0.2) is 53.3 Å². The first-order chi connectivity index (χ1) is 8.74. The maximum absolute atomic E-state index is 10.9. The monoisotopic (exact) mass is 248 g/mol. The van der Waals surface area contributed by atoms with Crippen LogP contribution in [0, 0.1) is 0 Å². The van der Waals surface area contributed by atoms with Crippen LogP contribution >= 0.6 is 0 Å². The minimum absolute atomic E-state index is 0.137. The van der Waals surface area contributed by atoms with E-state index in [0.717, 1.165) is 38.3 Å². The molecular formula is C13H16N2O3. The van der Waals surface area contributed by atoms with Gasteiger partial charge in [0.05, 0.1) is 19.3 Å². The average molecular weight is 248 g/mol. The highest BCUT2D eigenvalue weighted by atomic mass is 16.5. The van der Waals surface area contributed by atoms with Gasteiger partial charge in [-0.1, -0.05) is 0 Å². The Kier molecular flexibility index (Phi) is 3.01. The largest absolute Gasteiger partial charge is 0.477 e. The molecule has 96 valence electrons. The number of pyridine rings is 1. The van der Waals surface area contributed by atoms with Crippen molar-refractivity contribution < 1.29 is 14.6 Å². The van der Waals surface area contributed by atoms with E-state index in [1.54, 1.807) is 12.3 Å². The lowest BCUT2D eigenvalue weighted by molar-refractivity contribution is -0.0573. The normalized spacial score (nSPS) is 25.0. The molecule has 1 unspecified atom stereocenters. The summed E-state index contributed by atoms with van der Waals surface area (Å²) in [5.74, 6) is -0.536. The van der Waals surface area contributed by atoms with E-state index in [1.165, 1.54) is 0 Å². The third-order valence-electron chi connectivity index (χ3n) is 3.83. The molecule has 0 radical (unpaired) electrons. The zero-order valence-corrected chi connectivity index (χ0v) is 10.1. The molecule has 0 bridgehead atoms. The zero-order chi connectivity index (χ0) is 12.5. The van der Waals surface area contributed by atoms with Crippen LogP contribution in [-0.2, 0) is 4.74 Å². The molecule has 0 aliphatic carbocycles. The van der Waals surface area contributed by atoms with Gasteiger partial charge in [-0.25, -0.2) is 9.78 Å². The molecule has 2 aliphatic rings. The fourth-order valence-electron chi connectivity index (χ4n) is 2.64. The SMILES string of the molecule is O=C(O)c1cc(C2CCN(C3COC3)C2)ccn1. The third-order valence-corrected chi connectivity index (χ3v) is 3.83. The van der Waals surface area contributed by atoms with Gasteiger partial charge in [-0.05, 0) is 36.6 Å². The van der Waals surface area contributed by atoms with E-state index >= 15 is 0 Å². The Hall–Kier alpha value is -1.46. The van der Waals surface area contributed by atoms with E-state index < -0.39 is 5.97 Å². The minimum atomic E-state index is -0.959. The number of carbonyl (C=O) groups is 1. The fraction of sp³-hybridized carbons (Fsp3) is 0.538. The number of rotatable bonds is 3. The fourth-order valence-corrected chi connectivity index (χ4v) is 2.64. The summed E-state index contributed by atoms with van der Waals surface area (Å²) < 4.78 is 5.21. The number of aromatic nitrogens is 1. The summed E-state index contributed by atoms with van der Waals surface area (Å²) in [6.07, 6.45) is 2.67. The number of hydrogen-bond acceptors (Lipinski definition) is 4. The number of nitrogens with zero attached hydrogens (tertiary/aromatic N) is 2. The van der Waals surface area contributed by atoms with Crippen molar-refractivity contribution in [3.8, 4) is 0 Å². The van der Waals surface area contributed by atoms with Crippen LogP contribution in [0.1, 0.15) is 28.4 Å². The predicted molar refractivity (Wildman–Crippen MR) is 64.7 cm³/mol. The van der Waals surface area contributed by atoms with Crippen molar-refractivity contribution in [3.63, 3.8) is 0 Å². The average Bonchev–Trinajstić information content (AvgIpc) is 2.76. The first-order valence-electron chi connectivity index (χ1n) is 6.25. The number of ether oxygens (including phenoxy) is 1. The Labute approximate surface area is 105 Å². The Bertz CT molecular complexity index is 459. The molecule has 0 saturated carbocycles. The van der Waals surface area contributed by atoms with E-state index in [0.29, 0.717) is 12.0 Å². The van der Waals surface area contributed by atoms with E-state index in [2.05, 4.69) is 9.88 Å². The van der Waals surface area contributed by atoms with Gasteiger partial charge in [0.2, 0.25) is 0 Å². The van der Waals surface area contributed by atoms with Gasteiger partial charge < -0.3 is 9.84 Å². The van der Waals surface area contributed by atoms with Gasteiger partial charge in [0, 0.05) is 12.7 Å². The summed E-state index contributed by atoms with van der Waals surface area (Å²) in [4.78, 5) is 17.2. The quantitative estimate of drug-likeness (QED) is 0.863. The first-order valence-corrected chi connectivity index (χ1v) is 6.25. The van der Waals surface area contributed by atoms with Gasteiger partial charge in [0.25, 0.3) is 0 Å². The lowest BCUT2D eigenvalue weighted by atomic mass is 9.99. The lowest BCUT2D eigenvalue weighted by Gasteiger charge is -2.34. The van der Waals surface area contributed by atoms with Crippen molar-refractivity contribution in [2.45, 2.75) is 18.4 Å². The van der Waals surface area contributed by atoms with Crippen LogP contribution in [0.15, 0.2) is 18.3 Å². The second-order valence-electron chi connectivity index (χ2n) is 4.95. The molecule has 1 aromatic heterocycles. The smallest absolute Gasteiger partial charge is 0.354 e. The highest BCUT2D eigenvalue weighted by molar-refractivity contribution is 5.85. The lowest BCUT2D eigenvalue weighted by Crippen LogP contribution is -2.47. The topological polar surface area (TPSA) is 62.7 Å². The van der Waals surface area contributed by atoms with E-state index in [1.807, 2.05) is 6.07 Å². The van der Waals surface area contributed by atoms with Crippen LogP contribution in [0.5, 0.6) is 0 Å².